The molecule has 6 nitrogen and oxygen atoms in total. The first kappa shape index (κ1) is 21.2. The number of pyridine rings is 1. The Hall–Kier alpha value is -2.51. The number of benzene rings is 1. The van der Waals surface area contributed by atoms with E-state index in [1.54, 1.807) is 6.20 Å². The lowest BCUT2D eigenvalue weighted by Crippen LogP contribution is -2.46. The molecule has 2 aromatic rings. The molecular formula is C22H30FN5O. The summed E-state index contributed by atoms with van der Waals surface area (Å²) in [4.78, 5) is 11.5. The number of hydrogen-bond acceptors (Lipinski definition) is 4. The molecule has 29 heavy (non-hydrogen) atoms. The van der Waals surface area contributed by atoms with Gasteiger partial charge in [-0.15, -0.1) is 0 Å². The number of ether oxygens (including phenoxy) is 1. The summed E-state index contributed by atoms with van der Waals surface area (Å²) in [7, 11) is 0. The number of halogens is 1. The molecule has 0 saturated carbocycles. The summed E-state index contributed by atoms with van der Waals surface area (Å²) in [5.74, 6) is 0.529. The number of morpholine rings is 1. The summed E-state index contributed by atoms with van der Waals surface area (Å²) in [6.07, 6.45) is 1.79. The van der Waals surface area contributed by atoms with Crippen molar-refractivity contribution >= 4 is 5.96 Å². The monoisotopic (exact) mass is 399 g/mol. The van der Waals surface area contributed by atoms with Crippen LogP contribution in [0.1, 0.15) is 29.8 Å². The van der Waals surface area contributed by atoms with E-state index in [1.165, 1.54) is 12.1 Å². The molecule has 156 valence electrons. The number of aromatic nitrogens is 1. The van der Waals surface area contributed by atoms with Crippen LogP contribution >= 0.6 is 0 Å². The van der Waals surface area contributed by atoms with Crippen LogP contribution in [0.4, 0.5) is 4.39 Å². The minimum absolute atomic E-state index is 0.111. The zero-order valence-corrected chi connectivity index (χ0v) is 17.2. The van der Waals surface area contributed by atoms with Crippen molar-refractivity contribution < 1.29 is 9.13 Å². The van der Waals surface area contributed by atoms with E-state index in [0.717, 1.165) is 42.4 Å². The largest absolute Gasteiger partial charge is 0.379 e. The van der Waals surface area contributed by atoms with Crippen LogP contribution in [0.25, 0.3) is 0 Å². The smallest absolute Gasteiger partial charge is 0.191 e. The van der Waals surface area contributed by atoms with E-state index in [2.05, 4.69) is 20.5 Å². The molecule has 0 spiro atoms. The van der Waals surface area contributed by atoms with Crippen molar-refractivity contribution in [3.8, 4) is 0 Å². The molecule has 1 aliphatic rings. The average Bonchev–Trinajstić information content (AvgIpc) is 2.75. The summed E-state index contributed by atoms with van der Waals surface area (Å²) in [5, 5.41) is 6.75. The van der Waals surface area contributed by atoms with Crippen LogP contribution in [0.15, 0.2) is 47.6 Å². The van der Waals surface area contributed by atoms with Gasteiger partial charge in [0.15, 0.2) is 5.96 Å². The second-order valence-corrected chi connectivity index (χ2v) is 7.06. The lowest BCUT2D eigenvalue weighted by Gasteiger charge is -2.35. The van der Waals surface area contributed by atoms with Gasteiger partial charge in [-0.25, -0.2) is 9.38 Å². The highest BCUT2D eigenvalue weighted by molar-refractivity contribution is 5.79. The fourth-order valence-corrected chi connectivity index (χ4v) is 3.40. The molecule has 1 unspecified atom stereocenters. The fourth-order valence-electron chi connectivity index (χ4n) is 3.40. The van der Waals surface area contributed by atoms with Gasteiger partial charge < -0.3 is 15.4 Å². The molecule has 0 radical (unpaired) electrons. The topological polar surface area (TPSA) is 61.8 Å². The minimum atomic E-state index is -0.219. The van der Waals surface area contributed by atoms with E-state index in [0.29, 0.717) is 26.3 Å². The number of rotatable bonds is 7. The van der Waals surface area contributed by atoms with Crippen molar-refractivity contribution in [2.24, 2.45) is 4.99 Å². The first-order valence-electron chi connectivity index (χ1n) is 10.2. The normalized spacial score (nSPS) is 16.4. The quantitative estimate of drug-likeness (QED) is 0.554. The first-order chi connectivity index (χ1) is 14.2. The van der Waals surface area contributed by atoms with Crippen molar-refractivity contribution in [3.63, 3.8) is 0 Å². The highest BCUT2D eigenvalue weighted by atomic mass is 19.1. The van der Waals surface area contributed by atoms with E-state index >= 15 is 0 Å². The van der Waals surface area contributed by atoms with Crippen LogP contribution in [0.3, 0.4) is 0 Å². The Labute approximate surface area is 172 Å². The Morgan fingerprint density at radius 1 is 1.21 bits per heavy atom. The maximum atomic E-state index is 13.4. The minimum Gasteiger partial charge on any atom is -0.379 e. The molecule has 1 aromatic carbocycles. The van der Waals surface area contributed by atoms with Gasteiger partial charge in [0.25, 0.3) is 0 Å². The Kier molecular flexibility index (Phi) is 7.95. The summed E-state index contributed by atoms with van der Waals surface area (Å²) in [6.45, 7) is 9.17. The summed E-state index contributed by atoms with van der Waals surface area (Å²) >= 11 is 0. The number of nitrogens with one attached hydrogen (secondary N) is 2. The van der Waals surface area contributed by atoms with Gasteiger partial charge in [0, 0.05) is 32.4 Å². The lowest BCUT2D eigenvalue weighted by molar-refractivity contribution is 0.0170. The molecule has 1 saturated heterocycles. The predicted octanol–water partition coefficient (Wildman–Crippen LogP) is 2.66. The van der Waals surface area contributed by atoms with E-state index in [9.17, 15) is 4.39 Å². The second kappa shape index (κ2) is 10.9. The Balaban J connectivity index is 1.71. The highest BCUT2D eigenvalue weighted by Crippen LogP contribution is 2.21. The van der Waals surface area contributed by atoms with Crippen molar-refractivity contribution in [2.45, 2.75) is 26.4 Å². The highest BCUT2D eigenvalue weighted by Gasteiger charge is 2.23. The maximum Gasteiger partial charge on any atom is 0.191 e. The molecular weight excluding hydrogens is 369 g/mol. The van der Waals surface area contributed by atoms with Crippen LogP contribution in [-0.2, 0) is 11.3 Å². The third kappa shape index (κ3) is 6.24. The molecule has 1 fully saturated rings. The zero-order valence-electron chi connectivity index (χ0n) is 17.2. The molecule has 1 aromatic heterocycles. The number of guanidine groups is 1. The molecule has 3 rings (SSSR count). The molecule has 7 heteroatoms. The number of nitrogens with zero attached hydrogens (tertiary/aromatic N) is 3. The molecule has 1 atom stereocenters. The SMILES string of the molecule is CCNC(=NCc1ncccc1C)NCC(c1ccc(F)cc1)N1CCOCC1. The second-order valence-electron chi connectivity index (χ2n) is 7.06. The Bertz CT molecular complexity index is 790. The number of aliphatic imine (C=N–C) groups is 1. The van der Waals surface area contributed by atoms with Crippen LogP contribution in [0, 0.1) is 12.7 Å². The van der Waals surface area contributed by atoms with Gasteiger partial charge in [0.1, 0.15) is 5.82 Å². The number of aryl methyl sites for hydroxylation is 1. The summed E-state index contributed by atoms with van der Waals surface area (Å²) in [6, 6.07) is 10.8. The molecule has 0 bridgehead atoms. The van der Waals surface area contributed by atoms with Crippen molar-refractivity contribution in [3.05, 3.63) is 65.2 Å². The molecule has 1 aliphatic heterocycles. The van der Waals surface area contributed by atoms with Crippen LogP contribution in [0.2, 0.25) is 0 Å². The standard InChI is InChI=1S/C22H30FN5O/c1-3-24-22(26-15-20-17(2)5-4-10-25-20)27-16-21(28-11-13-29-14-12-28)18-6-8-19(23)9-7-18/h4-10,21H,3,11-16H2,1-2H3,(H2,24,26,27). The van der Waals surface area contributed by atoms with Crippen LogP contribution < -0.4 is 10.6 Å². The third-order valence-electron chi connectivity index (χ3n) is 5.05. The van der Waals surface area contributed by atoms with Crippen molar-refractivity contribution in [2.75, 3.05) is 39.4 Å². The van der Waals surface area contributed by atoms with Crippen LogP contribution in [0.5, 0.6) is 0 Å². The van der Waals surface area contributed by atoms with Gasteiger partial charge in [0.2, 0.25) is 0 Å². The zero-order chi connectivity index (χ0) is 20.5. The van der Waals surface area contributed by atoms with Crippen LogP contribution in [-0.4, -0.2) is 55.2 Å². The van der Waals surface area contributed by atoms with Gasteiger partial charge in [0.05, 0.1) is 31.5 Å². The van der Waals surface area contributed by atoms with E-state index < -0.39 is 0 Å². The Morgan fingerprint density at radius 2 is 1.97 bits per heavy atom. The maximum absolute atomic E-state index is 13.4. The Morgan fingerprint density at radius 3 is 2.66 bits per heavy atom. The van der Waals surface area contributed by atoms with Gasteiger partial charge in [-0.05, 0) is 43.2 Å². The lowest BCUT2D eigenvalue weighted by atomic mass is 10.0. The van der Waals surface area contributed by atoms with Gasteiger partial charge in [-0.1, -0.05) is 18.2 Å². The first-order valence-corrected chi connectivity index (χ1v) is 10.2. The van der Waals surface area contributed by atoms with E-state index in [1.807, 2.05) is 38.1 Å². The number of hydrogen-bond donors (Lipinski definition) is 2. The fraction of sp³-hybridized carbons (Fsp3) is 0.455. The van der Waals surface area contributed by atoms with E-state index in [4.69, 9.17) is 9.73 Å². The third-order valence-corrected chi connectivity index (χ3v) is 5.05. The van der Waals surface area contributed by atoms with Gasteiger partial charge in [-0.3, -0.25) is 9.88 Å². The predicted molar refractivity (Wildman–Crippen MR) is 113 cm³/mol. The average molecular weight is 400 g/mol. The van der Waals surface area contributed by atoms with E-state index in [-0.39, 0.29) is 11.9 Å². The molecule has 0 amide bonds. The van der Waals surface area contributed by atoms with Gasteiger partial charge in [-0.2, -0.15) is 0 Å². The summed E-state index contributed by atoms with van der Waals surface area (Å²) in [5.41, 5.74) is 3.18. The molecule has 2 heterocycles. The molecule has 2 N–H and O–H groups in total. The summed E-state index contributed by atoms with van der Waals surface area (Å²) < 4.78 is 18.9. The van der Waals surface area contributed by atoms with Crippen molar-refractivity contribution in [1.82, 2.24) is 20.5 Å². The van der Waals surface area contributed by atoms with Gasteiger partial charge >= 0.3 is 0 Å². The van der Waals surface area contributed by atoms with Crippen molar-refractivity contribution in [1.29, 1.82) is 0 Å². The molecule has 0 aliphatic carbocycles.